The third-order valence-electron chi connectivity index (χ3n) is 3.99. The van der Waals surface area contributed by atoms with Crippen LogP contribution in [0.3, 0.4) is 0 Å². The number of nitrogens with one attached hydrogen (secondary N) is 2. The minimum absolute atomic E-state index is 0.216. The molecule has 9 heteroatoms. The van der Waals surface area contributed by atoms with Crippen LogP contribution >= 0.6 is 23.2 Å². The molecule has 0 spiro atoms. The highest BCUT2D eigenvalue weighted by Crippen LogP contribution is 2.38. The lowest BCUT2D eigenvalue weighted by Gasteiger charge is -2.29. The van der Waals surface area contributed by atoms with Gasteiger partial charge in [-0.2, -0.15) is 4.98 Å². The van der Waals surface area contributed by atoms with E-state index in [1.165, 1.54) is 0 Å². The van der Waals surface area contributed by atoms with Gasteiger partial charge in [0, 0.05) is 16.1 Å². The summed E-state index contributed by atoms with van der Waals surface area (Å²) in [6, 6.07) is 3.19. The van der Waals surface area contributed by atoms with Crippen molar-refractivity contribution < 1.29 is 10.2 Å². The summed E-state index contributed by atoms with van der Waals surface area (Å²) in [7, 11) is 0. The average molecular weight is 383 g/mol. The van der Waals surface area contributed by atoms with Gasteiger partial charge in [-0.1, -0.05) is 23.2 Å². The number of aromatic nitrogens is 3. The Labute approximate surface area is 152 Å². The molecule has 0 atom stereocenters. The Balaban J connectivity index is 2.49. The zero-order valence-corrected chi connectivity index (χ0v) is 15.0. The summed E-state index contributed by atoms with van der Waals surface area (Å²) in [4.78, 5) is 22.7. The summed E-state index contributed by atoms with van der Waals surface area (Å²) in [5.74, 6) is 0. The van der Waals surface area contributed by atoms with E-state index in [4.69, 9.17) is 23.2 Å². The fourth-order valence-electron chi connectivity index (χ4n) is 2.64. The minimum Gasteiger partial charge on any atom is -0.394 e. The van der Waals surface area contributed by atoms with Crippen LogP contribution in [0.25, 0.3) is 21.9 Å². The van der Waals surface area contributed by atoms with E-state index in [2.05, 4.69) is 20.3 Å². The number of aryl methyl sites for hydroxylation is 1. The summed E-state index contributed by atoms with van der Waals surface area (Å²) in [6.45, 7) is 2.72. The van der Waals surface area contributed by atoms with Crippen molar-refractivity contribution in [2.75, 3.05) is 18.5 Å². The second-order valence-corrected chi connectivity index (χ2v) is 6.98. The SMILES string of the molecule is Cc1[nH]c(=O)nc2nc3cc(Cl)cc(Cl)c3c(NC(C)(CO)CO)c12. The molecule has 0 aliphatic carbocycles. The van der Waals surface area contributed by atoms with Gasteiger partial charge in [0.1, 0.15) is 0 Å². The molecule has 0 saturated heterocycles. The predicted octanol–water partition coefficient (Wildman–Crippen LogP) is 2.24. The van der Waals surface area contributed by atoms with Crippen molar-refractivity contribution in [1.82, 2.24) is 15.0 Å². The fraction of sp³-hybridized carbons (Fsp3) is 0.312. The summed E-state index contributed by atoms with van der Waals surface area (Å²) in [5, 5.41) is 24.3. The molecule has 7 nitrogen and oxygen atoms in total. The van der Waals surface area contributed by atoms with Gasteiger partial charge in [-0.15, -0.1) is 0 Å². The minimum atomic E-state index is -1.02. The first-order valence-electron chi connectivity index (χ1n) is 7.47. The van der Waals surface area contributed by atoms with Crippen molar-refractivity contribution in [1.29, 1.82) is 0 Å². The van der Waals surface area contributed by atoms with Crippen LogP contribution in [0.4, 0.5) is 5.69 Å². The molecule has 0 bridgehead atoms. The summed E-state index contributed by atoms with van der Waals surface area (Å²) >= 11 is 12.4. The van der Waals surface area contributed by atoms with E-state index in [-0.39, 0.29) is 18.9 Å². The molecule has 2 heterocycles. The lowest BCUT2D eigenvalue weighted by molar-refractivity contribution is 0.148. The van der Waals surface area contributed by atoms with E-state index in [1.807, 2.05) is 0 Å². The number of aromatic amines is 1. The number of rotatable bonds is 4. The Morgan fingerprint density at radius 3 is 2.52 bits per heavy atom. The molecule has 0 fully saturated rings. The molecular weight excluding hydrogens is 367 g/mol. The van der Waals surface area contributed by atoms with Crippen molar-refractivity contribution in [3.8, 4) is 0 Å². The topological polar surface area (TPSA) is 111 Å². The zero-order chi connectivity index (χ0) is 18.4. The number of fused-ring (bicyclic) bond motifs is 2. The molecule has 0 aliphatic rings. The van der Waals surface area contributed by atoms with Gasteiger partial charge < -0.3 is 20.5 Å². The summed E-state index contributed by atoms with van der Waals surface area (Å²) < 4.78 is 0. The lowest BCUT2D eigenvalue weighted by atomic mass is 10.0. The van der Waals surface area contributed by atoms with Crippen LogP contribution in [0.5, 0.6) is 0 Å². The van der Waals surface area contributed by atoms with Crippen molar-refractivity contribution in [3.05, 3.63) is 38.4 Å². The summed E-state index contributed by atoms with van der Waals surface area (Å²) in [5.41, 5.74) is 0.163. The van der Waals surface area contributed by atoms with Gasteiger partial charge in [-0.05, 0) is 26.0 Å². The highest BCUT2D eigenvalue weighted by Gasteiger charge is 2.26. The molecule has 132 valence electrons. The Kier molecular flexibility index (Phi) is 4.59. The first-order chi connectivity index (χ1) is 11.8. The van der Waals surface area contributed by atoms with E-state index >= 15 is 0 Å². The number of aliphatic hydroxyl groups excluding tert-OH is 2. The zero-order valence-electron chi connectivity index (χ0n) is 13.5. The monoisotopic (exact) mass is 382 g/mol. The number of hydrogen-bond donors (Lipinski definition) is 4. The molecule has 1 aromatic carbocycles. The maximum absolute atomic E-state index is 11.7. The van der Waals surface area contributed by atoms with Crippen LogP contribution in [-0.2, 0) is 0 Å². The number of anilines is 1. The normalized spacial score (nSPS) is 12.1. The molecule has 0 saturated carbocycles. The fourth-order valence-corrected chi connectivity index (χ4v) is 3.22. The molecule has 3 rings (SSSR count). The molecule has 0 amide bonds. The van der Waals surface area contributed by atoms with Gasteiger partial charge in [0.15, 0.2) is 5.65 Å². The Bertz CT molecular complexity index is 1030. The second-order valence-electron chi connectivity index (χ2n) is 6.14. The van der Waals surface area contributed by atoms with Crippen LogP contribution in [0.1, 0.15) is 12.6 Å². The Morgan fingerprint density at radius 1 is 1.20 bits per heavy atom. The van der Waals surface area contributed by atoms with Crippen molar-refractivity contribution >= 4 is 50.8 Å². The van der Waals surface area contributed by atoms with Crippen LogP contribution in [0.2, 0.25) is 10.0 Å². The largest absolute Gasteiger partial charge is 0.394 e. The van der Waals surface area contributed by atoms with Gasteiger partial charge in [0.05, 0.1) is 40.4 Å². The maximum atomic E-state index is 11.7. The number of hydrogen-bond acceptors (Lipinski definition) is 6. The third-order valence-corrected chi connectivity index (χ3v) is 4.50. The van der Waals surface area contributed by atoms with Gasteiger partial charge in [0.25, 0.3) is 0 Å². The first-order valence-corrected chi connectivity index (χ1v) is 8.23. The highest BCUT2D eigenvalue weighted by atomic mass is 35.5. The van der Waals surface area contributed by atoms with Gasteiger partial charge >= 0.3 is 5.69 Å². The van der Waals surface area contributed by atoms with Crippen molar-refractivity contribution in [2.45, 2.75) is 19.4 Å². The number of aliphatic hydroxyl groups is 2. The van der Waals surface area contributed by atoms with E-state index in [0.29, 0.717) is 37.7 Å². The molecule has 0 radical (unpaired) electrons. The Morgan fingerprint density at radius 2 is 1.88 bits per heavy atom. The quantitative estimate of drug-likeness (QED) is 0.515. The van der Waals surface area contributed by atoms with E-state index in [1.54, 1.807) is 26.0 Å². The molecule has 0 aliphatic heterocycles. The van der Waals surface area contributed by atoms with Gasteiger partial charge in [-0.3, -0.25) is 0 Å². The number of nitrogens with zero attached hydrogens (tertiary/aromatic N) is 2. The number of pyridine rings is 1. The number of benzene rings is 1. The van der Waals surface area contributed by atoms with Crippen molar-refractivity contribution in [3.63, 3.8) is 0 Å². The lowest BCUT2D eigenvalue weighted by Crippen LogP contribution is -2.42. The molecule has 4 N–H and O–H groups in total. The molecular formula is C16H16Cl2N4O3. The van der Waals surface area contributed by atoms with Crippen molar-refractivity contribution in [2.24, 2.45) is 0 Å². The molecule has 2 aromatic heterocycles. The third kappa shape index (κ3) is 3.16. The van der Waals surface area contributed by atoms with Crippen LogP contribution in [-0.4, -0.2) is 43.9 Å². The highest BCUT2D eigenvalue weighted by molar-refractivity contribution is 6.40. The van der Waals surface area contributed by atoms with Crippen LogP contribution < -0.4 is 11.0 Å². The number of halogens is 2. The van der Waals surface area contributed by atoms with E-state index in [0.717, 1.165) is 0 Å². The van der Waals surface area contributed by atoms with Crippen LogP contribution in [0.15, 0.2) is 16.9 Å². The smallest absolute Gasteiger partial charge is 0.347 e. The van der Waals surface area contributed by atoms with E-state index in [9.17, 15) is 15.0 Å². The second kappa shape index (κ2) is 6.42. The van der Waals surface area contributed by atoms with Gasteiger partial charge in [0.2, 0.25) is 0 Å². The molecule has 25 heavy (non-hydrogen) atoms. The van der Waals surface area contributed by atoms with E-state index < -0.39 is 11.2 Å². The van der Waals surface area contributed by atoms with Crippen LogP contribution in [0, 0.1) is 6.92 Å². The molecule has 3 aromatic rings. The average Bonchev–Trinajstić information content (AvgIpc) is 2.52. The van der Waals surface area contributed by atoms with Gasteiger partial charge in [-0.25, -0.2) is 9.78 Å². The molecule has 0 unspecified atom stereocenters. The maximum Gasteiger partial charge on any atom is 0.347 e. The predicted molar refractivity (Wildman–Crippen MR) is 98.6 cm³/mol. The Hall–Kier alpha value is -1.93. The number of H-pyrrole nitrogens is 1. The summed E-state index contributed by atoms with van der Waals surface area (Å²) in [6.07, 6.45) is 0. The standard InChI is InChI=1S/C16H16Cl2N4O3/c1-7-11-13(22-16(2,5-23)6-24)12-9(18)3-8(17)4-10(12)20-14(11)21-15(25)19-7/h3-4,23-24H,5-6H2,1-2H3,(H2,19,20,21,22,25). The first kappa shape index (κ1) is 17.9.